The minimum absolute atomic E-state index is 0.0211. The second kappa shape index (κ2) is 19.2. The topological polar surface area (TPSA) is 170 Å². The standard InChI is InChI=1S/C48H62F10O13S3/c49-43(50)20-65-34(66-21-44(43,51)52)30-7-27-3-1-5-40(11-27,14-30)36(59)67-18-39(19-68-38(61)42-13-29-9-32(16-42)48(33(10-29)17-42)70-22-45(53,54)46(55,56)23-71-48)25-72-35(73-26-39)31-8-28-4-2-6-41(12-28,15-31)37(60)69-24-47(57,58)74(62,63)64/h27-35H,1-26H2,(H,62,63,64)/t27?,28?,29?,30?,31?,32?,33?,35?,39?,40?,41-,42?/m0/s1. The highest BCUT2D eigenvalue weighted by Crippen LogP contribution is 2.67. The summed E-state index contributed by atoms with van der Waals surface area (Å²) < 4.78 is 214. The van der Waals surface area contributed by atoms with E-state index >= 15 is 0 Å². The van der Waals surface area contributed by atoms with Crippen molar-refractivity contribution >= 4 is 51.5 Å². The Labute approximate surface area is 430 Å². The summed E-state index contributed by atoms with van der Waals surface area (Å²) in [6, 6.07) is 0. The van der Waals surface area contributed by atoms with Crippen LogP contribution in [0.4, 0.5) is 43.9 Å². The number of carbonyl (C=O) groups excluding carboxylic acids is 3. The third-order valence-electron chi connectivity index (χ3n) is 18.6. The number of ether oxygens (including phenoxy) is 7. The lowest BCUT2D eigenvalue weighted by Gasteiger charge is -2.62. The molecule has 0 amide bonds. The molecular formula is C48H62F10O13S3. The van der Waals surface area contributed by atoms with Gasteiger partial charge in [0.1, 0.15) is 39.6 Å². The van der Waals surface area contributed by atoms with Gasteiger partial charge >= 0.3 is 57.0 Å². The molecule has 0 aromatic carbocycles. The number of halogens is 10. The van der Waals surface area contributed by atoms with Crippen LogP contribution in [-0.2, 0) is 57.7 Å². The molecule has 11 rings (SSSR count). The Morgan fingerprint density at radius 3 is 1.54 bits per heavy atom. The van der Waals surface area contributed by atoms with Crippen molar-refractivity contribution in [1.29, 1.82) is 0 Å². The molecule has 8 saturated carbocycles. The van der Waals surface area contributed by atoms with Crippen LogP contribution in [0.1, 0.15) is 109 Å². The fourth-order valence-electron chi connectivity index (χ4n) is 15.1. The molecule has 11 aliphatic rings. The van der Waals surface area contributed by atoms with Crippen LogP contribution in [0.2, 0.25) is 0 Å². The van der Waals surface area contributed by atoms with Crippen molar-refractivity contribution in [2.45, 2.75) is 155 Å². The second-order valence-corrected chi connectivity index (χ2v) is 28.1. The third-order valence-corrected chi connectivity index (χ3v) is 23.3. The Morgan fingerprint density at radius 1 is 0.581 bits per heavy atom. The first-order valence-corrected chi connectivity index (χ1v) is 29.1. The molecule has 0 radical (unpaired) electrons. The van der Waals surface area contributed by atoms with E-state index in [-0.39, 0.29) is 78.7 Å². The Kier molecular flexibility index (Phi) is 14.4. The van der Waals surface area contributed by atoms with Crippen LogP contribution in [0.15, 0.2) is 0 Å². The molecule has 8 bridgehead atoms. The molecule has 8 aliphatic carbocycles. The minimum atomic E-state index is -5.86. The molecule has 1 spiro atoms. The highest BCUT2D eigenvalue weighted by molar-refractivity contribution is 8.17. The van der Waals surface area contributed by atoms with E-state index in [1.807, 2.05) is 0 Å². The van der Waals surface area contributed by atoms with Crippen LogP contribution in [0.25, 0.3) is 0 Å². The van der Waals surface area contributed by atoms with Gasteiger partial charge < -0.3 is 33.2 Å². The van der Waals surface area contributed by atoms with E-state index in [4.69, 9.17) is 37.7 Å². The Morgan fingerprint density at radius 2 is 1.03 bits per heavy atom. The van der Waals surface area contributed by atoms with E-state index in [1.165, 1.54) is 23.5 Å². The lowest BCUT2D eigenvalue weighted by atomic mass is 9.47. The van der Waals surface area contributed by atoms with Gasteiger partial charge in [-0.05, 0) is 107 Å². The van der Waals surface area contributed by atoms with Crippen molar-refractivity contribution in [1.82, 2.24) is 0 Å². The first-order valence-electron chi connectivity index (χ1n) is 25.6. The zero-order chi connectivity index (χ0) is 53.2. The molecule has 7 unspecified atom stereocenters. The summed E-state index contributed by atoms with van der Waals surface area (Å²) in [4.78, 5) is 42.8. The molecule has 11 fully saturated rings. The summed E-state index contributed by atoms with van der Waals surface area (Å²) in [7, 11) is -5.86. The molecule has 3 aliphatic heterocycles. The van der Waals surface area contributed by atoms with Crippen LogP contribution in [-0.4, -0.2) is 134 Å². The molecule has 420 valence electrons. The minimum Gasteiger partial charge on any atom is -0.464 e. The SMILES string of the molecule is O=C(OCC1(COC(=O)C23CC4CC(C2)C2(OCC(F)(F)C(F)(F)CO2)C(C4)C3)CSC(C2CC3CCC[C@](C(=O)OCC(F)(F)S(=O)(=O)O)(C3)C2)SC1)C12CCCC(CC(C3OCC(F)(F)C(F)(F)CO3)C1)C2. The number of rotatable bonds is 12. The largest absolute Gasteiger partial charge is 0.464 e. The maximum atomic E-state index is 14.6. The average Bonchev–Trinajstić information content (AvgIpc) is 3.50. The van der Waals surface area contributed by atoms with Gasteiger partial charge in [-0.3, -0.25) is 18.9 Å². The predicted octanol–water partition coefficient (Wildman–Crippen LogP) is 9.55. The molecular weight excluding hydrogens is 1070 g/mol. The van der Waals surface area contributed by atoms with E-state index in [0.717, 1.165) is 6.42 Å². The summed E-state index contributed by atoms with van der Waals surface area (Å²) >= 11 is 2.97. The van der Waals surface area contributed by atoms with Gasteiger partial charge in [-0.1, -0.05) is 25.7 Å². The molecule has 3 saturated heterocycles. The van der Waals surface area contributed by atoms with Gasteiger partial charge in [0.2, 0.25) is 0 Å². The lowest BCUT2D eigenvalue weighted by molar-refractivity contribution is -0.346. The predicted molar refractivity (Wildman–Crippen MR) is 241 cm³/mol. The first kappa shape index (κ1) is 55.5. The van der Waals surface area contributed by atoms with Gasteiger partial charge in [0.15, 0.2) is 18.7 Å². The van der Waals surface area contributed by atoms with Crippen molar-refractivity contribution in [2.75, 3.05) is 57.8 Å². The maximum absolute atomic E-state index is 14.6. The fraction of sp³-hybridized carbons (Fsp3) is 0.938. The quantitative estimate of drug-likeness (QED) is 0.0848. The van der Waals surface area contributed by atoms with E-state index < -0.39 is 141 Å². The van der Waals surface area contributed by atoms with Crippen LogP contribution < -0.4 is 0 Å². The summed E-state index contributed by atoms with van der Waals surface area (Å²) in [5.41, 5.74) is -4.48. The van der Waals surface area contributed by atoms with Crippen LogP contribution in [0, 0.1) is 63.1 Å². The van der Waals surface area contributed by atoms with Crippen LogP contribution >= 0.6 is 23.5 Å². The van der Waals surface area contributed by atoms with Crippen LogP contribution in [0.3, 0.4) is 0 Å². The molecule has 74 heavy (non-hydrogen) atoms. The number of thioether (sulfide) groups is 2. The smallest absolute Gasteiger partial charge is 0.402 e. The van der Waals surface area contributed by atoms with Gasteiger partial charge in [-0.25, -0.2) is 0 Å². The lowest BCUT2D eigenvalue weighted by Crippen LogP contribution is -2.65. The molecule has 3 heterocycles. The van der Waals surface area contributed by atoms with Gasteiger partial charge in [0.25, 0.3) is 0 Å². The summed E-state index contributed by atoms with van der Waals surface area (Å²) in [6.45, 7) is -8.56. The zero-order valence-electron chi connectivity index (χ0n) is 40.4. The summed E-state index contributed by atoms with van der Waals surface area (Å²) in [5, 5.41) is -4.71. The maximum Gasteiger partial charge on any atom is 0.402 e. The number of carbonyl (C=O) groups is 3. The third kappa shape index (κ3) is 9.89. The monoisotopic (exact) mass is 1130 g/mol. The fourth-order valence-corrected chi connectivity index (χ4v) is 18.8. The Hall–Kier alpha value is -1.84. The van der Waals surface area contributed by atoms with Gasteiger partial charge in [-0.15, -0.1) is 23.5 Å². The zero-order valence-corrected chi connectivity index (χ0v) is 42.9. The molecule has 13 nitrogen and oxygen atoms in total. The molecule has 8 atom stereocenters. The van der Waals surface area contributed by atoms with Crippen molar-refractivity contribution in [3.05, 3.63) is 0 Å². The highest BCUT2D eigenvalue weighted by Gasteiger charge is 2.71. The molecule has 0 aromatic rings. The second-order valence-electron chi connectivity index (χ2n) is 23.9. The number of hydrogen-bond donors (Lipinski definition) is 1. The van der Waals surface area contributed by atoms with E-state index in [2.05, 4.69) is 0 Å². The van der Waals surface area contributed by atoms with Gasteiger partial charge in [0, 0.05) is 29.3 Å². The number of alkyl halides is 10. The number of esters is 3. The summed E-state index contributed by atoms with van der Waals surface area (Å²) in [6.07, 6.45) is 5.49. The molecule has 26 heteroatoms. The average molecular weight is 1130 g/mol. The summed E-state index contributed by atoms with van der Waals surface area (Å²) in [5.74, 6) is -23.5. The van der Waals surface area contributed by atoms with Crippen molar-refractivity contribution < 1.29 is 104 Å². The Bertz CT molecular complexity index is 2200. The van der Waals surface area contributed by atoms with Gasteiger partial charge in [-0.2, -0.15) is 52.3 Å². The highest BCUT2D eigenvalue weighted by atomic mass is 32.2. The number of fused-ring (bicyclic) bond motifs is 4. The molecule has 0 aromatic heterocycles. The van der Waals surface area contributed by atoms with Crippen molar-refractivity contribution in [3.63, 3.8) is 0 Å². The van der Waals surface area contributed by atoms with Crippen molar-refractivity contribution in [2.24, 2.45) is 63.1 Å². The normalized spacial score (nSPS) is 42.1. The van der Waals surface area contributed by atoms with E-state index in [0.29, 0.717) is 77.0 Å². The first-order chi connectivity index (χ1) is 34.5. The van der Waals surface area contributed by atoms with Crippen molar-refractivity contribution in [3.8, 4) is 0 Å². The van der Waals surface area contributed by atoms with Crippen LogP contribution in [0.5, 0.6) is 0 Å². The van der Waals surface area contributed by atoms with Gasteiger partial charge in [0.05, 0.1) is 26.2 Å². The van der Waals surface area contributed by atoms with E-state index in [1.54, 1.807) is 0 Å². The Balaban J connectivity index is 0.855. The number of hydrogen-bond acceptors (Lipinski definition) is 14. The van der Waals surface area contributed by atoms with E-state index in [9.17, 15) is 66.7 Å². The molecule has 1 N–H and O–H groups in total.